The van der Waals surface area contributed by atoms with Gasteiger partial charge >= 0.3 is 12.1 Å². The zero-order chi connectivity index (χ0) is 22.2. The molecule has 0 bridgehead atoms. The summed E-state index contributed by atoms with van der Waals surface area (Å²) in [6.45, 7) is 0. The maximum atomic E-state index is 12.6. The Kier molecular flexibility index (Phi) is 5.24. The Balaban J connectivity index is 1.92. The van der Waals surface area contributed by atoms with Crippen molar-refractivity contribution in [3.8, 4) is 28.3 Å². The van der Waals surface area contributed by atoms with Crippen molar-refractivity contribution in [2.45, 2.75) is 6.18 Å². The van der Waals surface area contributed by atoms with Crippen molar-refractivity contribution in [2.75, 3.05) is 12.4 Å². The molecule has 4 rings (SSSR count). The van der Waals surface area contributed by atoms with Crippen molar-refractivity contribution < 1.29 is 22.7 Å². The van der Waals surface area contributed by atoms with Crippen LogP contribution in [0.1, 0.15) is 0 Å². The van der Waals surface area contributed by atoms with E-state index in [9.17, 15) is 18.0 Å². The number of methoxy groups -OCH3 is 1. The number of aromatic nitrogens is 4. The van der Waals surface area contributed by atoms with E-state index in [2.05, 4.69) is 15.1 Å². The van der Waals surface area contributed by atoms with Crippen LogP contribution in [-0.2, 0) is 4.79 Å². The van der Waals surface area contributed by atoms with Crippen LogP contribution in [0.4, 0.5) is 18.9 Å². The molecule has 11 heteroatoms. The van der Waals surface area contributed by atoms with E-state index in [0.29, 0.717) is 33.8 Å². The van der Waals surface area contributed by atoms with Gasteiger partial charge in [-0.2, -0.15) is 18.3 Å². The molecule has 1 aromatic carbocycles. The number of nitrogens with zero attached hydrogens (tertiary/aromatic N) is 4. The molecule has 0 unspecified atom stereocenters. The molecule has 0 fully saturated rings. The molecule has 3 heterocycles. The second-order valence-corrected chi connectivity index (χ2v) is 6.68. The Morgan fingerprint density at radius 1 is 1.19 bits per heavy atom. The first-order valence-corrected chi connectivity index (χ1v) is 9.18. The number of nitrogens with one attached hydrogen (secondary N) is 1. The second kappa shape index (κ2) is 7.88. The fraction of sp³-hybridized carbons (Fsp3) is 0.100. The monoisotopic (exact) mass is 447 g/mol. The Morgan fingerprint density at radius 3 is 2.71 bits per heavy atom. The molecule has 0 saturated heterocycles. The summed E-state index contributed by atoms with van der Waals surface area (Å²) in [5.41, 5.74) is 2.40. The molecule has 0 aliphatic heterocycles. The number of pyridine rings is 1. The minimum atomic E-state index is -5.00. The van der Waals surface area contributed by atoms with Gasteiger partial charge in [0.05, 0.1) is 18.4 Å². The normalized spacial score (nSPS) is 11.5. The topological polar surface area (TPSA) is 81.4 Å². The number of hydrogen-bond acceptors (Lipinski definition) is 5. The van der Waals surface area contributed by atoms with Crippen LogP contribution >= 0.6 is 11.6 Å². The van der Waals surface area contributed by atoms with Gasteiger partial charge in [-0.3, -0.25) is 4.79 Å². The number of halogens is 4. The van der Waals surface area contributed by atoms with E-state index >= 15 is 0 Å². The van der Waals surface area contributed by atoms with Crippen LogP contribution in [-0.4, -0.2) is 38.8 Å². The molecule has 158 valence electrons. The number of fused-ring (bicyclic) bond motifs is 1. The summed E-state index contributed by atoms with van der Waals surface area (Å²) in [5.74, 6) is -1.56. The van der Waals surface area contributed by atoms with Crippen LogP contribution in [0.2, 0.25) is 5.28 Å². The summed E-state index contributed by atoms with van der Waals surface area (Å²) in [6.07, 6.45) is -1.83. The van der Waals surface area contributed by atoms with Crippen molar-refractivity contribution >= 4 is 28.7 Å². The summed E-state index contributed by atoms with van der Waals surface area (Å²) < 4.78 is 44.9. The Hall–Kier alpha value is -3.66. The molecule has 0 spiro atoms. The van der Waals surface area contributed by atoms with Crippen molar-refractivity contribution in [3.63, 3.8) is 0 Å². The van der Waals surface area contributed by atoms with E-state index in [4.69, 9.17) is 16.3 Å². The van der Waals surface area contributed by atoms with E-state index in [0.717, 1.165) is 0 Å². The van der Waals surface area contributed by atoms with Gasteiger partial charge in [0.15, 0.2) is 0 Å². The fourth-order valence-electron chi connectivity index (χ4n) is 3.10. The van der Waals surface area contributed by atoms with Gasteiger partial charge < -0.3 is 10.1 Å². The van der Waals surface area contributed by atoms with Gasteiger partial charge in [0.1, 0.15) is 17.0 Å². The molecule has 1 N–H and O–H groups in total. The zero-order valence-corrected chi connectivity index (χ0v) is 16.6. The van der Waals surface area contributed by atoms with Gasteiger partial charge in [-0.1, -0.05) is 12.1 Å². The maximum Gasteiger partial charge on any atom is 0.471 e. The lowest BCUT2D eigenvalue weighted by Crippen LogP contribution is -2.29. The van der Waals surface area contributed by atoms with Crippen LogP contribution < -0.4 is 10.1 Å². The van der Waals surface area contributed by atoms with Crippen LogP contribution in [0.25, 0.3) is 28.0 Å². The summed E-state index contributed by atoms with van der Waals surface area (Å²) >= 11 is 5.98. The number of amides is 1. The van der Waals surface area contributed by atoms with Gasteiger partial charge in [0, 0.05) is 23.6 Å². The molecule has 0 radical (unpaired) electrons. The lowest BCUT2D eigenvalue weighted by atomic mass is 10.0. The molecule has 3 aromatic heterocycles. The van der Waals surface area contributed by atoms with Gasteiger partial charge in [0.2, 0.25) is 5.28 Å². The molecule has 0 saturated carbocycles. The standard InChI is InChI=1S/C20H13ClF3N5O2/c1-31-14-6-3-9-29-17(14)15(13-7-8-25-19(21)27-13)16(28-29)11-4-2-5-12(10-11)26-18(30)20(22,23)24/h2-10H,1H3,(H,26,30). The van der Waals surface area contributed by atoms with E-state index in [1.807, 2.05) is 5.32 Å². The minimum Gasteiger partial charge on any atom is -0.494 e. The summed E-state index contributed by atoms with van der Waals surface area (Å²) in [6, 6.07) is 11.0. The van der Waals surface area contributed by atoms with Crippen LogP contribution in [0, 0.1) is 0 Å². The SMILES string of the molecule is COc1cccn2nc(-c3cccc(NC(=O)C(F)(F)F)c3)c(-c3ccnc(Cl)n3)c12. The number of anilines is 1. The highest BCUT2D eigenvalue weighted by atomic mass is 35.5. The lowest BCUT2D eigenvalue weighted by molar-refractivity contribution is -0.167. The van der Waals surface area contributed by atoms with Crippen molar-refractivity contribution in [1.82, 2.24) is 19.6 Å². The Morgan fingerprint density at radius 2 is 2.00 bits per heavy atom. The zero-order valence-electron chi connectivity index (χ0n) is 15.8. The van der Waals surface area contributed by atoms with E-state index in [-0.39, 0.29) is 11.0 Å². The molecule has 4 aromatic rings. The molecule has 1 amide bonds. The number of benzene rings is 1. The van der Waals surface area contributed by atoms with E-state index < -0.39 is 12.1 Å². The molecule has 0 atom stereocenters. The second-order valence-electron chi connectivity index (χ2n) is 6.34. The highest BCUT2D eigenvalue weighted by molar-refractivity contribution is 6.28. The number of carbonyl (C=O) groups is 1. The number of alkyl halides is 3. The summed E-state index contributed by atoms with van der Waals surface area (Å²) in [4.78, 5) is 19.5. The predicted octanol–water partition coefficient (Wildman–Crippen LogP) is 4.62. The number of rotatable bonds is 4. The molecule has 7 nitrogen and oxygen atoms in total. The van der Waals surface area contributed by atoms with Crippen molar-refractivity contribution in [1.29, 1.82) is 0 Å². The summed E-state index contributed by atoms with van der Waals surface area (Å²) in [5, 5.41) is 6.43. The van der Waals surface area contributed by atoms with E-state index in [1.54, 1.807) is 35.0 Å². The first kappa shape index (κ1) is 20.6. The summed E-state index contributed by atoms with van der Waals surface area (Å²) in [7, 11) is 1.51. The molecular weight excluding hydrogens is 435 g/mol. The fourth-order valence-corrected chi connectivity index (χ4v) is 3.25. The average Bonchev–Trinajstić information content (AvgIpc) is 3.13. The minimum absolute atomic E-state index is 0.0175. The van der Waals surface area contributed by atoms with Crippen LogP contribution in [0.5, 0.6) is 5.75 Å². The van der Waals surface area contributed by atoms with Crippen LogP contribution in [0.3, 0.4) is 0 Å². The van der Waals surface area contributed by atoms with Gasteiger partial charge in [-0.25, -0.2) is 14.5 Å². The van der Waals surface area contributed by atoms with Crippen molar-refractivity contribution in [2.24, 2.45) is 0 Å². The van der Waals surface area contributed by atoms with Gasteiger partial charge in [-0.15, -0.1) is 0 Å². The molecular formula is C20H13ClF3N5O2. The molecule has 0 aliphatic rings. The first-order chi connectivity index (χ1) is 14.8. The third kappa shape index (κ3) is 4.02. The number of carbonyl (C=O) groups excluding carboxylic acids is 1. The number of hydrogen-bond donors (Lipinski definition) is 1. The Labute approximate surface area is 178 Å². The first-order valence-electron chi connectivity index (χ1n) is 8.81. The predicted molar refractivity (Wildman–Crippen MR) is 108 cm³/mol. The van der Waals surface area contributed by atoms with Gasteiger partial charge in [-0.05, 0) is 41.9 Å². The quantitative estimate of drug-likeness (QED) is 0.462. The Bertz CT molecular complexity index is 1290. The molecule has 31 heavy (non-hydrogen) atoms. The third-order valence-electron chi connectivity index (χ3n) is 4.37. The lowest BCUT2D eigenvalue weighted by Gasteiger charge is -2.10. The smallest absolute Gasteiger partial charge is 0.471 e. The van der Waals surface area contributed by atoms with Gasteiger partial charge in [0.25, 0.3) is 0 Å². The maximum absolute atomic E-state index is 12.6. The number of ether oxygens (including phenoxy) is 1. The highest BCUT2D eigenvalue weighted by Gasteiger charge is 2.38. The van der Waals surface area contributed by atoms with Crippen LogP contribution in [0.15, 0.2) is 54.9 Å². The largest absolute Gasteiger partial charge is 0.494 e. The molecule has 0 aliphatic carbocycles. The van der Waals surface area contributed by atoms with E-state index in [1.165, 1.54) is 31.5 Å². The average molecular weight is 448 g/mol. The van der Waals surface area contributed by atoms with Crippen molar-refractivity contribution in [3.05, 3.63) is 60.1 Å². The highest BCUT2D eigenvalue weighted by Crippen LogP contribution is 2.39. The third-order valence-corrected chi connectivity index (χ3v) is 4.55.